The van der Waals surface area contributed by atoms with Gasteiger partial charge in [0.05, 0.1) is 6.04 Å². The predicted molar refractivity (Wildman–Crippen MR) is 68.2 cm³/mol. The van der Waals surface area contributed by atoms with Crippen molar-refractivity contribution < 1.29 is 0 Å². The van der Waals surface area contributed by atoms with Crippen LogP contribution in [-0.2, 0) is 0 Å². The lowest BCUT2D eigenvalue weighted by Crippen LogP contribution is -2.36. The van der Waals surface area contributed by atoms with Crippen molar-refractivity contribution in [3.05, 3.63) is 22.4 Å². The fourth-order valence-electron chi connectivity index (χ4n) is 1.96. The van der Waals surface area contributed by atoms with E-state index in [9.17, 15) is 0 Å². The lowest BCUT2D eigenvalue weighted by atomic mass is 10.1. The zero-order valence-corrected chi connectivity index (χ0v) is 10.8. The molecular formula is C12H22N2S. The highest BCUT2D eigenvalue weighted by molar-refractivity contribution is 7.10. The standard InChI is InChI=1S/C12H22N2S/c1-4-10(5-2)14(3)9-11(13)12-7-6-8-15-12/h6-8,10-11H,4-5,9,13H2,1-3H3. The van der Waals surface area contributed by atoms with Gasteiger partial charge in [0.1, 0.15) is 0 Å². The molecule has 1 aromatic rings. The minimum Gasteiger partial charge on any atom is -0.322 e. The van der Waals surface area contributed by atoms with E-state index in [1.807, 2.05) is 0 Å². The van der Waals surface area contributed by atoms with E-state index in [-0.39, 0.29) is 6.04 Å². The van der Waals surface area contributed by atoms with Gasteiger partial charge in [0.15, 0.2) is 0 Å². The first-order valence-electron chi connectivity index (χ1n) is 5.68. The Bertz CT molecular complexity index is 255. The van der Waals surface area contributed by atoms with Crippen molar-refractivity contribution in [2.75, 3.05) is 13.6 Å². The van der Waals surface area contributed by atoms with E-state index in [0.29, 0.717) is 6.04 Å². The van der Waals surface area contributed by atoms with Crippen LogP contribution in [0, 0.1) is 0 Å². The van der Waals surface area contributed by atoms with Gasteiger partial charge in [-0.15, -0.1) is 11.3 Å². The Balaban J connectivity index is 2.47. The molecule has 0 aliphatic heterocycles. The summed E-state index contributed by atoms with van der Waals surface area (Å²) in [5.74, 6) is 0. The molecule has 2 nitrogen and oxygen atoms in total. The Labute approximate surface area is 97.1 Å². The number of hydrogen-bond donors (Lipinski definition) is 1. The molecule has 0 aliphatic rings. The Morgan fingerprint density at radius 1 is 1.40 bits per heavy atom. The van der Waals surface area contributed by atoms with Gasteiger partial charge in [0.25, 0.3) is 0 Å². The lowest BCUT2D eigenvalue weighted by Gasteiger charge is -2.28. The Morgan fingerprint density at radius 2 is 2.07 bits per heavy atom. The number of hydrogen-bond acceptors (Lipinski definition) is 3. The summed E-state index contributed by atoms with van der Waals surface area (Å²) < 4.78 is 0. The van der Waals surface area contributed by atoms with Gasteiger partial charge in [0, 0.05) is 17.5 Å². The zero-order chi connectivity index (χ0) is 11.3. The maximum absolute atomic E-state index is 6.16. The van der Waals surface area contributed by atoms with E-state index in [0.717, 1.165) is 6.54 Å². The van der Waals surface area contributed by atoms with E-state index >= 15 is 0 Å². The van der Waals surface area contributed by atoms with Crippen LogP contribution in [0.25, 0.3) is 0 Å². The molecule has 3 heteroatoms. The number of likely N-dealkylation sites (N-methyl/N-ethyl adjacent to an activating group) is 1. The zero-order valence-electron chi connectivity index (χ0n) is 9.94. The molecule has 1 atom stereocenters. The molecule has 0 saturated heterocycles. The van der Waals surface area contributed by atoms with Gasteiger partial charge in [-0.1, -0.05) is 19.9 Å². The van der Waals surface area contributed by atoms with E-state index in [1.54, 1.807) is 11.3 Å². The molecule has 0 amide bonds. The SMILES string of the molecule is CCC(CC)N(C)CC(N)c1cccs1. The van der Waals surface area contributed by atoms with Crippen molar-refractivity contribution in [1.82, 2.24) is 4.90 Å². The number of nitrogens with zero attached hydrogens (tertiary/aromatic N) is 1. The minimum atomic E-state index is 0.163. The summed E-state index contributed by atoms with van der Waals surface area (Å²) in [6.07, 6.45) is 2.40. The smallest absolute Gasteiger partial charge is 0.0519 e. The molecule has 2 N–H and O–H groups in total. The fraction of sp³-hybridized carbons (Fsp3) is 0.667. The van der Waals surface area contributed by atoms with E-state index in [1.165, 1.54) is 17.7 Å². The Kier molecular flexibility index (Phi) is 5.29. The fourth-order valence-corrected chi connectivity index (χ4v) is 2.68. The monoisotopic (exact) mass is 226 g/mol. The third-order valence-corrected chi connectivity index (χ3v) is 3.96. The van der Waals surface area contributed by atoms with Crippen molar-refractivity contribution in [1.29, 1.82) is 0 Å². The van der Waals surface area contributed by atoms with E-state index in [4.69, 9.17) is 5.73 Å². The molecule has 0 spiro atoms. The predicted octanol–water partition coefficient (Wildman–Crippen LogP) is 2.87. The molecule has 0 aliphatic carbocycles. The summed E-state index contributed by atoms with van der Waals surface area (Å²) in [6, 6.07) is 5.01. The summed E-state index contributed by atoms with van der Waals surface area (Å²) in [5, 5.41) is 2.09. The second-order valence-electron chi connectivity index (χ2n) is 4.03. The van der Waals surface area contributed by atoms with Crippen LogP contribution in [0.2, 0.25) is 0 Å². The summed E-state index contributed by atoms with van der Waals surface area (Å²) >= 11 is 1.75. The molecule has 0 aromatic carbocycles. The first kappa shape index (κ1) is 12.7. The highest BCUT2D eigenvalue weighted by atomic mass is 32.1. The van der Waals surface area contributed by atoms with Crippen molar-refractivity contribution in [2.24, 2.45) is 5.73 Å². The van der Waals surface area contributed by atoms with Crippen molar-refractivity contribution in [3.8, 4) is 0 Å². The number of rotatable bonds is 6. The van der Waals surface area contributed by atoms with Crippen molar-refractivity contribution in [3.63, 3.8) is 0 Å². The van der Waals surface area contributed by atoms with Crippen LogP contribution >= 0.6 is 11.3 Å². The van der Waals surface area contributed by atoms with Crippen LogP contribution < -0.4 is 5.73 Å². The van der Waals surface area contributed by atoms with Crippen LogP contribution in [0.5, 0.6) is 0 Å². The average Bonchev–Trinajstić information content (AvgIpc) is 2.72. The van der Waals surface area contributed by atoms with E-state index < -0.39 is 0 Å². The molecule has 86 valence electrons. The van der Waals surface area contributed by atoms with Gasteiger partial charge >= 0.3 is 0 Å². The first-order chi connectivity index (χ1) is 7.19. The van der Waals surface area contributed by atoms with Crippen molar-refractivity contribution >= 4 is 11.3 Å². The Morgan fingerprint density at radius 3 is 2.53 bits per heavy atom. The number of thiophene rings is 1. The molecular weight excluding hydrogens is 204 g/mol. The van der Waals surface area contributed by atoms with E-state index in [2.05, 4.69) is 43.3 Å². The highest BCUT2D eigenvalue weighted by Gasteiger charge is 2.15. The summed E-state index contributed by atoms with van der Waals surface area (Å²) in [7, 11) is 2.17. The number of nitrogens with two attached hydrogens (primary N) is 1. The molecule has 1 aromatic heterocycles. The second kappa shape index (κ2) is 6.26. The average molecular weight is 226 g/mol. The van der Waals surface area contributed by atoms with Crippen LogP contribution in [0.1, 0.15) is 37.6 Å². The molecule has 0 saturated carbocycles. The molecule has 1 unspecified atom stereocenters. The van der Waals surface area contributed by atoms with Crippen LogP contribution in [-0.4, -0.2) is 24.5 Å². The largest absolute Gasteiger partial charge is 0.322 e. The normalized spacial score (nSPS) is 13.7. The first-order valence-corrected chi connectivity index (χ1v) is 6.56. The summed E-state index contributed by atoms with van der Waals surface area (Å²) in [6.45, 7) is 5.43. The maximum Gasteiger partial charge on any atom is 0.0519 e. The van der Waals surface area contributed by atoms with Gasteiger partial charge < -0.3 is 10.6 Å². The summed E-state index contributed by atoms with van der Waals surface area (Å²) in [5.41, 5.74) is 6.16. The van der Waals surface area contributed by atoms with Gasteiger partial charge in [-0.05, 0) is 31.3 Å². The van der Waals surface area contributed by atoms with Gasteiger partial charge in [-0.3, -0.25) is 0 Å². The second-order valence-corrected chi connectivity index (χ2v) is 5.01. The third kappa shape index (κ3) is 3.59. The van der Waals surface area contributed by atoms with Gasteiger partial charge in [0.2, 0.25) is 0 Å². The molecule has 1 heterocycles. The molecule has 0 radical (unpaired) electrons. The minimum absolute atomic E-state index is 0.163. The molecule has 0 fully saturated rings. The van der Waals surface area contributed by atoms with Crippen molar-refractivity contribution in [2.45, 2.75) is 38.8 Å². The van der Waals surface area contributed by atoms with Crippen LogP contribution in [0.3, 0.4) is 0 Å². The lowest BCUT2D eigenvalue weighted by molar-refractivity contribution is 0.218. The molecule has 0 bridgehead atoms. The Hall–Kier alpha value is -0.380. The molecule has 1 rings (SSSR count). The summed E-state index contributed by atoms with van der Waals surface area (Å²) in [4.78, 5) is 3.66. The van der Waals surface area contributed by atoms with Gasteiger partial charge in [-0.25, -0.2) is 0 Å². The maximum atomic E-state index is 6.16. The van der Waals surface area contributed by atoms with Crippen LogP contribution in [0.4, 0.5) is 0 Å². The quantitative estimate of drug-likeness (QED) is 0.808. The highest BCUT2D eigenvalue weighted by Crippen LogP contribution is 2.18. The third-order valence-electron chi connectivity index (χ3n) is 2.96. The van der Waals surface area contributed by atoms with Crippen LogP contribution in [0.15, 0.2) is 17.5 Å². The molecule has 15 heavy (non-hydrogen) atoms. The topological polar surface area (TPSA) is 29.3 Å². The van der Waals surface area contributed by atoms with Gasteiger partial charge in [-0.2, -0.15) is 0 Å².